The van der Waals surface area contributed by atoms with Gasteiger partial charge in [0, 0.05) is 11.6 Å². The summed E-state index contributed by atoms with van der Waals surface area (Å²) in [7, 11) is 0. The minimum absolute atomic E-state index is 0.0511. The Morgan fingerprint density at radius 3 is 2.58 bits per heavy atom. The molecule has 2 aromatic carbocycles. The molecular formula is C22H18N4O5. The fourth-order valence-corrected chi connectivity index (χ4v) is 3.02. The number of furan rings is 1. The number of para-hydroxylation sites is 3. The lowest BCUT2D eigenvalue weighted by atomic mass is 10.2. The average Bonchev–Trinajstić information content (AvgIpc) is 3.42. The molecule has 4 aromatic rings. The monoisotopic (exact) mass is 418 g/mol. The van der Waals surface area contributed by atoms with Crippen molar-refractivity contribution in [3.8, 4) is 17.3 Å². The molecule has 4 rings (SSSR count). The fourth-order valence-electron chi connectivity index (χ4n) is 3.02. The number of ether oxygens (including phenoxy) is 1. The molecule has 1 amide bonds. The molecule has 9 heteroatoms. The van der Waals surface area contributed by atoms with Crippen LogP contribution in [0.25, 0.3) is 5.69 Å². The number of hydrogen-bond donors (Lipinski definition) is 1. The summed E-state index contributed by atoms with van der Waals surface area (Å²) < 4.78 is 12.6. The van der Waals surface area contributed by atoms with Gasteiger partial charge >= 0.3 is 5.69 Å². The Bertz CT molecular complexity index is 1220. The minimum atomic E-state index is -0.523. The number of hydrogen-bond acceptors (Lipinski definition) is 6. The maximum absolute atomic E-state index is 12.8. The van der Waals surface area contributed by atoms with E-state index in [1.165, 1.54) is 23.1 Å². The predicted octanol–water partition coefficient (Wildman–Crippen LogP) is 4.40. The summed E-state index contributed by atoms with van der Waals surface area (Å²) in [5.74, 6) is 0.444. The van der Waals surface area contributed by atoms with Gasteiger partial charge in [-0.2, -0.15) is 9.78 Å². The molecule has 2 heterocycles. The molecule has 0 atom stereocenters. The van der Waals surface area contributed by atoms with Crippen molar-refractivity contribution in [3.63, 3.8) is 0 Å². The summed E-state index contributed by atoms with van der Waals surface area (Å²) in [6, 6.07) is 18.6. The number of nitro groups is 1. The van der Waals surface area contributed by atoms with E-state index in [9.17, 15) is 14.9 Å². The van der Waals surface area contributed by atoms with Gasteiger partial charge in [0.05, 0.1) is 23.4 Å². The molecule has 2 aromatic heterocycles. The zero-order valence-electron chi connectivity index (χ0n) is 16.5. The molecule has 0 unspecified atom stereocenters. The van der Waals surface area contributed by atoms with Gasteiger partial charge in [0.2, 0.25) is 11.6 Å². The lowest BCUT2D eigenvalue weighted by Crippen LogP contribution is -2.23. The first-order valence-electron chi connectivity index (χ1n) is 9.41. The molecule has 0 spiro atoms. The smallest absolute Gasteiger partial charge is 0.311 e. The van der Waals surface area contributed by atoms with Crippen molar-refractivity contribution in [2.75, 3.05) is 0 Å². The fraction of sp³-hybridized carbons (Fsp3) is 0.0909. The summed E-state index contributed by atoms with van der Waals surface area (Å²) in [5.41, 5.74) is 1.04. The first-order valence-corrected chi connectivity index (χ1v) is 9.41. The maximum Gasteiger partial charge on any atom is 0.311 e. The van der Waals surface area contributed by atoms with E-state index in [0.29, 0.717) is 17.0 Å². The topological polar surface area (TPSA) is 112 Å². The molecule has 0 aliphatic carbocycles. The first kappa shape index (κ1) is 19.9. The van der Waals surface area contributed by atoms with Gasteiger partial charge in [-0.25, -0.2) is 0 Å². The SMILES string of the molecule is Cc1c(C(=O)NCc2ccco2)nn(-c2ccccc2)c1Oc1ccccc1[N+](=O)[O-]. The van der Waals surface area contributed by atoms with Crippen LogP contribution in [0.1, 0.15) is 21.8 Å². The van der Waals surface area contributed by atoms with Crippen LogP contribution in [0.5, 0.6) is 11.6 Å². The van der Waals surface area contributed by atoms with Crippen molar-refractivity contribution in [2.45, 2.75) is 13.5 Å². The van der Waals surface area contributed by atoms with Crippen LogP contribution in [0.2, 0.25) is 0 Å². The van der Waals surface area contributed by atoms with Gasteiger partial charge in [-0.3, -0.25) is 14.9 Å². The maximum atomic E-state index is 12.8. The number of carbonyl (C=O) groups excluding carboxylic acids is 1. The van der Waals surface area contributed by atoms with Crippen molar-refractivity contribution in [3.05, 3.63) is 100 Å². The first-order chi connectivity index (χ1) is 15.0. The van der Waals surface area contributed by atoms with Crippen LogP contribution >= 0.6 is 0 Å². The highest BCUT2D eigenvalue weighted by molar-refractivity contribution is 5.94. The minimum Gasteiger partial charge on any atom is -0.467 e. The molecular weight excluding hydrogens is 400 g/mol. The lowest BCUT2D eigenvalue weighted by Gasteiger charge is -2.10. The van der Waals surface area contributed by atoms with Gasteiger partial charge in [-0.1, -0.05) is 30.3 Å². The highest BCUT2D eigenvalue weighted by Gasteiger charge is 2.25. The van der Waals surface area contributed by atoms with Gasteiger partial charge in [-0.05, 0) is 37.3 Å². The second kappa shape index (κ2) is 8.54. The molecule has 31 heavy (non-hydrogen) atoms. The van der Waals surface area contributed by atoms with Crippen molar-refractivity contribution >= 4 is 11.6 Å². The van der Waals surface area contributed by atoms with Crippen molar-refractivity contribution < 1.29 is 18.9 Å². The number of nitrogens with one attached hydrogen (secondary N) is 1. The number of nitrogens with zero attached hydrogens (tertiary/aromatic N) is 3. The summed E-state index contributed by atoms with van der Waals surface area (Å²) in [6.07, 6.45) is 1.52. The Kier molecular flexibility index (Phi) is 5.48. The van der Waals surface area contributed by atoms with Crippen LogP contribution in [-0.2, 0) is 6.54 Å². The third kappa shape index (κ3) is 4.15. The predicted molar refractivity (Wildman–Crippen MR) is 111 cm³/mol. The van der Waals surface area contributed by atoms with Crippen LogP contribution < -0.4 is 10.1 Å². The van der Waals surface area contributed by atoms with Crippen molar-refractivity contribution in [2.24, 2.45) is 0 Å². The zero-order valence-corrected chi connectivity index (χ0v) is 16.5. The Morgan fingerprint density at radius 2 is 1.87 bits per heavy atom. The quantitative estimate of drug-likeness (QED) is 0.351. The second-order valence-electron chi connectivity index (χ2n) is 6.62. The molecule has 0 fully saturated rings. The van der Waals surface area contributed by atoms with E-state index in [2.05, 4.69) is 10.4 Å². The number of carbonyl (C=O) groups is 1. The van der Waals surface area contributed by atoms with Crippen LogP contribution in [0, 0.1) is 17.0 Å². The number of aromatic nitrogens is 2. The van der Waals surface area contributed by atoms with Crippen LogP contribution in [0.15, 0.2) is 77.4 Å². The molecule has 0 saturated heterocycles. The van der Waals surface area contributed by atoms with Gasteiger partial charge in [0.15, 0.2) is 5.69 Å². The number of nitro benzene ring substituents is 1. The van der Waals surface area contributed by atoms with E-state index in [4.69, 9.17) is 9.15 Å². The van der Waals surface area contributed by atoms with Crippen LogP contribution in [0.4, 0.5) is 5.69 Å². The number of rotatable bonds is 7. The Labute approximate surface area is 177 Å². The van der Waals surface area contributed by atoms with E-state index < -0.39 is 10.8 Å². The lowest BCUT2D eigenvalue weighted by molar-refractivity contribution is -0.385. The largest absolute Gasteiger partial charge is 0.467 e. The Hall–Kier alpha value is -4.40. The molecule has 0 aliphatic heterocycles. The van der Waals surface area contributed by atoms with Crippen LogP contribution in [-0.4, -0.2) is 20.6 Å². The third-order valence-electron chi connectivity index (χ3n) is 4.56. The molecule has 0 radical (unpaired) electrons. The summed E-state index contributed by atoms with van der Waals surface area (Å²) in [5, 5.41) is 18.6. The standard InChI is InChI=1S/C22H18N4O5/c1-15-20(21(27)23-14-17-10-7-13-30-17)24-25(16-8-3-2-4-9-16)22(15)31-19-12-6-5-11-18(19)26(28)29/h2-13H,14H2,1H3,(H,23,27). The average molecular weight is 418 g/mol. The number of amides is 1. The normalized spacial score (nSPS) is 10.6. The summed E-state index contributed by atoms with van der Waals surface area (Å²) in [6.45, 7) is 1.88. The molecule has 0 saturated carbocycles. The van der Waals surface area contributed by atoms with E-state index in [0.717, 1.165) is 0 Å². The van der Waals surface area contributed by atoms with E-state index >= 15 is 0 Å². The molecule has 1 N–H and O–H groups in total. The molecule has 0 bridgehead atoms. The van der Waals surface area contributed by atoms with Gasteiger partial charge < -0.3 is 14.5 Å². The summed E-state index contributed by atoms with van der Waals surface area (Å²) >= 11 is 0. The van der Waals surface area contributed by atoms with E-state index in [-0.39, 0.29) is 29.6 Å². The van der Waals surface area contributed by atoms with Crippen molar-refractivity contribution in [1.29, 1.82) is 0 Å². The van der Waals surface area contributed by atoms with Crippen molar-refractivity contribution in [1.82, 2.24) is 15.1 Å². The molecule has 9 nitrogen and oxygen atoms in total. The Morgan fingerprint density at radius 1 is 1.13 bits per heavy atom. The van der Waals surface area contributed by atoms with Gasteiger partial charge in [-0.15, -0.1) is 0 Å². The number of benzene rings is 2. The molecule has 156 valence electrons. The molecule has 0 aliphatic rings. The van der Waals surface area contributed by atoms with E-state index in [1.54, 1.807) is 43.3 Å². The van der Waals surface area contributed by atoms with Crippen LogP contribution in [0.3, 0.4) is 0 Å². The van der Waals surface area contributed by atoms with E-state index in [1.807, 2.05) is 18.2 Å². The highest BCUT2D eigenvalue weighted by atomic mass is 16.6. The second-order valence-corrected chi connectivity index (χ2v) is 6.62. The van der Waals surface area contributed by atoms with Gasteiger partial charge in [0.1, 0.15) is 5.76 Å². The zero-order chi connectivity index (χ0) is 21.8. The third-order valence-corrected chi connectivity index (χ3v) is 4.56. The highest BCUT2D eigenvalue weighted by Crippen LogP contribution is 2.35. The van der Waals surface area contributed by atoms with Gasteiger partial charge in [0.25, 0.3) is 5.91 Å². The summed E-state index contributed by atoms with van der Waals surface area (Å²) in [4.78, 5) is 23.7. The Balaban J connectivity index is 1.73.